The summed E-state index contributed by atoms with van der Waals surface area (Å²) < 4.78 is 19.9. The molecule has 2 N–H and O–H groups in total. The van der Waals surface area contributed by atoms with Crippen molar-refractivity contribution in [3.63, 3.8) is 0 Å². The van der Waals surface area contributed by atoms with Crippen molar-refractivity contribution >= 4 is 40.2 Å². The van der Waals surface area contributed by atoms with Gasteiger partial charge in [-0.3, -0.25) is 4.79 Å². The molecule has 1 atom stereocenters. The van der Waals surface area contributed by atoms with Gasteiger partial charge in [0.15, 0.2) is 4.47 Å². The van der Waals surface area contributed by atoms with E-state index in [1.54, 1.807) is 17.5 Å². The molecule has 0 spiro atoms. The number of hydrogen-bond donors (Lipinski definition) is 2. The van der Waals surface area contributed by atoms with Crippen LogP contribution in [0.1, 0.15) is 23.3 Å². The fourth-order valence-corrected chi connectivity index (χ4v) is 3.06. The van der Waals surface area contributed by atoms with E-state index in [1.165, 1.54) is 17.4 Å². The lowest BCUT2D eigenvalue weighted by molar-refractivity contribution is 0.102. The maximum absolute atomic E-state index is 14.1. The zero-order valence-corrected chi connectivity index (χ0v) is 13.7. The molecule has 1 aliphatic heterocycles. The molecule has 1 amide bonds. The largest absolute Gasteiger partial charge is 0.380 e. The van der Waals surface area contributed by atoms with Crippen LogP contribution in [0.3, 0.4) is 0 Å². The lowest BCUT2D eigenvalue weighted by Crippen LogP contribution is -2.19. The Kier molecular flexibility index (Phi) is 5.09. The number of carbonyl (C=O) groups excluding carboxylic acids is 1. The minimum absolute atomic E-state index is 0.128. The quantitative estimate of drug-likeness (QED) is 0.856. The summed E-state index contributed by atoms with van der Waals surface area (Å²) in [4.78, 5) is 15.8. The Bertz CT molecular complexity index is 704. The summed E-state index contributed by atoms with van der Waals surface area (Å²) in [6.45, 7) is 1.33. The molecule has 1 aromatic carbocycles. The van der Waals surface area contributed by atoms with Crippen LogP contribution in [0, 0.1) is 5.82 Å². The molecule has 1 aliphatic rings. The second-order valence-electron chi connectivity index (χ2n) is 5.15. The Labute approximate surface area is 141 Å². The topological polar surface area (TPSA) is 63.2 Å². The third-order valence-electron chi connectivity index (χ3n) is 3.48. The van der Waals surface area contributed by atoms with E-state index in [0.29, 0.717) is 17.9 Å². The van der Waals surface area contributed by atoms with Crippen molar-refractivity contribution in [1.29, 1.82) is 0 Å². The maximum atomic E-state index is 14.1. The van der Waals surface area contributed by atoms with Crippen LogP contribution < -0.4 is 10.6 Å². The molecule has 1 saturated heterocycles. The summed E-state index contributed by atoms with van der Waals surface area (Å²) in [5, 5.41) is 7.17. The number of carbonyl (C=O) groups is 1. The Morgan fingerprint density at radius 3 is 3.04 bits per heavy atom. The van der Waals surface area contributed by atoms with Crippen molar-refractivity contribution in [2.75, 3.05) is 23.8 Å². The lowest BCUT2D eigenvalue weighted by Gasteiger charge is -2.13. The molecule has 2 heterocycles. The van der Waals surface area contributed by atoms with Crippen LogP contribution in [-0.4, -0.2) is 30.1 Å². The first-order chi connectivity index (χ1) is 11.1. The summed E-state index contributed by atoms with van der Waals surface area (Å²) in [6.07, 6.45) is 2.16. The van der Waals surface area contributed by atoms with Gasteiger partial charge in [0.2, 0.25) is 0 Å². The summed E-state index contributed by atoms with van der Waals surface area (Å²) >= 11 is 6.86. The highest BCUT2D eigenvalue weighted by Crippen LogP contribution is 2.21. The molecule has 1 aromatic heterocycles. The van der Waals surface area contributed by atoms with Gasteiger partial charge in [-0.25, -0.2) is 9.37 Å². The molecule has 5 nitrogen and oxygen atoms in total. The minimum Gasteiger partial charge on any atom is -0.380 e. The van der Waals surface area contributed by atoms with E-state index in [4.69, 9.17) is 16.3 Å². The van der Waals surface area contributed by atoms with Crippen LogP contribution >= 0.6 is 22.9 Å². The number of rotatable bonds is 5. The standard InChI is InChI=1S/C15H15ClFN3O2S/c16-15-20-13(8-23-15)14(21)19-9-3-4-12(11(17)6-9)18-7-10-2-1-5-22-10/h3-4,6,8,10,18H,1-2,5,7H2,(H,19,21)/t10-/m0/s1. The van der Waals surface area contributed by atoms with E-state index < -0.39 is 11.7 Å². The number of anilines is 2. The maximum Gasteiger partial charge on any atom is 0.275 e. The molecule has 3 rings (SSSR count). The summed E-state index contributed by atoms with van der Waals surface area (Å²) in [7, 11) is 0. The average molecular weight is 356 g/mol. The number of amides is 1. The minimum atomic E-state index is -0.433. The first kappa shape index (κ1) is 16.2. The molecule has 0 aliphatic carbocycles. The highest BCUT2D eigenvalue weighted by molar-refractivity contribution is 7.14. The second kappa shape index (κ2) is 7.25. The van der Waals surface area contributed by atoms with Gasteiger partial charge in [0.1, 0.15) is 11.5 Å². The molecule has 8 heteroatoms. The van der Waals surface area contributed by atoms with Crippen LogP contribution in [0.15, 0.2) is 23.6 Å². The van der Waals surface area contributed by atoms with Gasteiger partial charge in [-0.2, -0.15) is 0 Å². The third kappa shape index (κ3) is 4.19. The number of thiazole rings is 1. The zero-order valence-electron chi connectivity index (χ0n) is 12.1. The van der Waals surface area contributed by atoms with Crippen LogP contribution in [0.4, 0.5) is 15.8 Å². The second-order valence-corrected chi connectivity index (χ2v) is 6.59. The highest BCUT2D eigenvalue weighted by atomic mass is 35.5. The SMILES string of the molecule is O=C(Nc1ccc(NC[C@@H]2CCCO2)c(F)c1)c1csc(Cl)n1. The molecule has 0 radical (unpaired) electrons. The first-order valence-corrected chi connectivity index (χ1v) is 8.45. The number of benzene rings is 1. The smallest absolute Gasteiger partial charge is 0.275 e. The van der Waals surface area contributed by atoms with E-state index in [1.807, 2.05) is 0 Å². The molecule has 1 fully saturated rings. The Hall–Kier alpha value is -1.70. The van der Waals surface area contributed by atoms with Crippen LogP contribution in [0.5, 0.6) is 0 Å². The summed E-state index contributed by atoms with van der Waals surface area (Å²) in [5.74, 6) is -0.857. The lowest BCUT2D eigenvalue weighted by atomic mass is 10.2. The van der Waals surface area contributed by atoms with Crippen molar-refractivity contribution in [2.24, 2.45) is 0 Å². The van der Waals surface area contributed by atoms with Gasteiger partial charge >= 0.3 is 0 Å². The number of nitrogens with one attached hydrogen (secondary N) is 2. The fraction of sp³-hybridized carbons (Fsp3) is 0.333. The average Bonchev–Trinajstić information content (AvgIpc) is 3.18. The van der Waals surface area contributed by atoms with Crippen molar-refractivity contribution in [1.82, 2.24) is 4.98 Å². The number of halogens is 2. The predicted octanol–water partition coefficient (Wildman–Crippen LogP) is 3.78. The molecular weight excluding hydrogens is 341 g/mol. The predicted molar refractivity (Wildman–Crippen MR) is 88.9 cm³/mol. The molecule has 122 valence electrons. The monoisotopic (exact) mass is 355 g/mol. The van der Waals surface area contributed by atoms with Crippen molar-refractivity contribution in [3.05, 3.63) is 39.6 Å². The van der Waals surface area contributed by atoms with E-state index >= 15 is 0 Å². The zero-order chi connectivity index (χ0) is 16.2. The molecule has 23 heavy (non-hydrogen) atoms. The fourth-order valence-electron chi connectivity index (χ4n) is 2.32. The molecular formula is C15H15ClFN3O2S. The van der Waals surface area contributed by atoms with E-state index in [2.05, 4.69) is 15.6 Å². The molecule has 2 aromatic rings. The number of ether oxygens (including phenoxy) is 1. The van der Waals surface area contributed by atoms with Crippen LogP contribution in [-0.2, 0) is 4.74 Å². The summed E-state index contributed by atoms with van der Waals surface area (Å²) in [5.41, 5.74) is 0.954. The molecule has 0 saturated carbocycles. The van der Waals surface area contributed by atoms with Crippen molar-refractivity contribution in [2.45, 2.75) is 18.9 Å². The van der Waals surface area contributed by atoms with E-state index in [0.717, 1.165) is 19.4 Å². The van der Waals surface area contributed by atoms with E-state index in [-0.39, 0.29) is 16.3 Å². The van der Waals surface area contributed by atoms with Gasteiger partial charge in [0.25, 0.3) is 5.91 Å². The van der Waals surface area contributed by atoms with Gasteiger partial charge in [-0.05, 0) is 31.0 Å². The highest BCUT2D eigenvalue weighted by Gasteiger charge is 2.16. The number of nitrogens with zero attached hydrogens (tertiary/aromatic N) is 1. The number of hydrogen-bond acceptors (Lipinski definition) is 5. The molecule has 0 unspecified atom stereocenters. The van der Waals surface area contributed by atoms with Gasteiger partial charge in [-0.1, -0.05) is 11.6 Å². The summed E-state index contributed by atoms with van der Waals surface area (Å²) in [6, 6.07) is 4.49. The van der Waals surface area contributed by atoms with Gasteiger partial charge in [0, 0.05) is 24.2 Å². The van der Waals surface area contributed by atoms with Gasteiger partial charge < -0.3 is 15.4 Å². The van der Waals surface area contributed by atoms with Crippen molar-refractivity contribution in [3.8, 4) is 0 Å². The Morgan fingerprint density at radius 2 is 2.39 bits per heavy atom. The number of aromatic nitrogens is 1. The Balaban J connectivity index is 1.60. The Morgan fingerprint density at radius 1 is 1.52 bits per heavy atom. The third-order valence-corrected chi connectivity index (χ3v) is 4.46. The van der Waals surface area contributed by atoms with Crippen LogP contribution in [0.2, 0.25) is 4.47 Å². The van der Waals surface area contributed by atoms with Gasteiger partial charge in [0.05, 0.1) is 11.8 Å². The van der Waals surface area contributed by atoms with Crippen LogP contribution in [0.25, 0.3) is 0 Å². The van der Waals surface area contributed by atoms with E-state index in [9.17, 15) is 9.18 Å². The molecule has 0 bridgehead atoms. The normalized spacial score (nSPS) is 17.2. The van der Waals surface area contributed by atoms with Crippen molar-refractivity contribution < 1.29 is 13.9 Å². The first-order valence-electron chi connectivity index (χ1n) is 7.19. The van der Waals surface area contributed by atoms with Gasteiger partial charge in [-0.15, -0.1) is 11.3 Å².